The van der Waals surface area contributed by atoms with Crippen LogP contribution in [0, 0.1) is 6.92 Å². The van der Waals surface area contributed by atoms with E-state index >= 15 is 0 Å². The lowest BCUT2D eigenvalue weighted by molar-refractivity contribution is 0.241. The van der Waals surface area contributed by atoms with Gasteiger partial charge in [0.1, 0.15) is 5.75 Å². The Labute approximate surface area is 127 Å². The Bertz CT molecular complexity index is 566. The quantitative estimate of drug-likeness (QED) is 0.885. The van der Waals surface area contributed by atoms with Crippen LogP contribution < -0.4 is 10.5 Å². The second-order valence-electron chi connectivity index (χ2n) is 5.37. The van der Waals surface area contributed by atoms with Crippen molar-refractivity contribution in [2.75, 3.05) is 20.7 Å². The van der Waals surface area contributed by atoms with E-state index in [9.17, 15) is 0 Å². The van der Waals surface area contributed by atoms with Gasteiger partial charge in [0.05, 0.1) is 7.11 Å². The molecule has 0 spiro atoms. The van der Waals surface area contributed by atoms with Crippen LogP contribution in [0.4, 0.5) is 0 Å². The summed E-state index contributed by atoms with van der Waals surface area (Å²) in [5.74, 6) is 0.885. The number of nitrogens with zero attached hydrogens (tertiary/aromatic N) is 1. The minimum atomic E-state index is 0.230. The molecule has 0 heterocycles. The maximum atomic E-state index is 6.01. The van der Waals surface area contributed by atoms with Gasteiger partial charge < -0.3 is 10.5 Å². The molecule has 0 aromatic heterocycles. The fraction of sp³-hybridized carbons (Fsp3) is 0.333. The van der Waals surface area contributed by atoms with E-state index in [2.05, 4.69) is 55.3 Å². The summed E-state index contributed by atoms with van der Waals surface area (Å²) in [6, 6.07) is 16.9. The van der Waals surface area contributed by atoms with Gasteiger partial charge in [0.15, 0.2) is 0 Å². The molecule has 21 heavy (non-hydrogen) atoms. The standard InChI is InChI=1S/C18H24N2O/c1-14-6-4-5-7-17(14)18(12-19)20(2)13-15-8-10-16(21-3)11-9-15/h4-11,18H,12-13,19H2,1-3H3. The molecule has 2 N–H and O–H groups in total. The molecule has 3 nitrogen and oxygen atoms in total. The van der Waals surface area contributed by atoms with E-state index in [1.54, 1.807) is 7.11 Å². The normalized spacial score (nSPS) is 12.4. The predicted molar refractivity (Wildman–Crippen MR) is 87.4 cm³/mol. The fourth-order valence-corrected chi connectivity index (χ4v) is 2.63. The predicted octanol–water partition coefficient (Wildman–Crippen LogP) is 3.14. The zero-order chi connectivity index (χ0) is 15.2. The Hall–Kier alpha value is -1.84. The number of hydrogen-bond acceptors (Lipinski definition) is 3. The number of rotatable bonds is 6. The Morgan fingerprint density at radius 2 is 1.76 bits per heavy atom. The van der Waals surface area contributed by atoms with Gasteiger partial charge in [0.2, 0.25) is 0 Å². The van der Waals surface area contributed by atoms with E-state index in [-0.39, 0.29) is 6.04 Å². The van der Waals surface area contributed by atoms with E-state index < -0.39 is 0 Å². The van der Waals surface area contributed by atoms with Gasteiger partial charge >= 0.3 is 0 Å². The molecule has 112 valence electrons. The van der Waals surface area contributed by atoms with E-state index in [1.807, 2.05) is 12.1 Å². The largest absolute Gasteiger partial charge is 0.497 e. The molecule has 0 saturated carbocycles. The molecule has 2 aromatic carbocycles. The molecule has 2 rings (SSSR count). The molecule has 3 heteroatoms. The van der Waals surface area contributed by atoms with E-state index in [1.165, 1.54) is 16.7 Å². The summed E-state index contributed by atoms with van der Waals surface area (Å²) in [5.41, 5.74) is 9.86. The number of hydrogen-bond donors (Lipinski definition) is 1. The number of benzene rings is 2. The van der Waals surface area contributed by atoms with Crippen molar-refractivity contribution < 1.29 is 4.74 Å². The molecule has 0 saturated heterocycles. The second kappa shape index (κ2) is 7.25. The van der Waals surface area contributed by atoms with Crippen molar-refractivity contribution in [2.24, 2.45) is 5.73 Å². The van der Waals surface area contributed by atoms with Crippen molar-refractivity contribution in [3.63, 3.8) is 0 Å². The van der Waals surface area contributed by atoms with E-state index in [4.69, 9.17) is 10.5 Å². The maximum Gasteiger partial charge on any atom is 0.118 e. The SMILES string of the molecule is COc1ccc(CN(C)C(CN)c2ccccc2C)cc1. The molecular formula is C18H24N2O. The van der Waals surface area contributed by atoms with Gasteiger partial charge in [-0.1, -0.05) is 36.4 Å². The van der Waals surface area contributed by atoms with Crippen molar-refractivity contribution in [1.29, 1.82) is 0 Å². The first-order valence-electron chi connectivity index (χ1n) is 7.24. The summed E-state index contributed by atoms with van der Waals surface area (Å²) in [7, 11) is 3.80. The molecule has 0 amide bonds. The van der Waals surface area contributed by atoms with Gasteiger partial charge in [-0.25, -0.2) is 0 Å². The maximum absolute atomic E-state index is 6.01. The first kappa shape index (κ1) is 15.5. The van der Waals surface area contributed by atoms with E-state index in [0.717, 1.165) is 12.3 Å². The Morgan fingerprint density at radius 3 is 2.33 bits per heavy atom. The molecule has 0 aliphatic carbocycles. The fourth-order valence-electron chi connectivity index (χ4n) is 2.63. The molecule has 2 aromatic rings. The van der Waals surface area contributed by atoms with Crippen molar-refractivity contribution >= 4 is 0 Å². The average molecular weight is 284 g/mol. The highest BCUT2D eigenvalue weighted by Gasteiger charge is 2.17. The van der Waals surface area contributed by atoms with Crippen LogP contribution in [0.15, 0.2) is 48.5 Å². The summed E-state index contributed by atoms with van der Waals surface area (Å²) >= 11 is 0. The second-order valence-corrected chi connectivity index (χ2v) is 5.37. The van der Waals surface area contributed by atoms with Gasteiger partial charge in [-0.3, -0.25) is 4.90 Å². The Morgan fingerprint density at radius 1 is 1.10 bits per heavy atom. The number of likely N-dealkylation sites (N-methyl/N-ethyl adjacent to an activating group) is 1. The third kappa shape index (κ3) is 3.84. The first-order valence-corrected chi connectivity index (χ1v) is 7.24. The minimum absolute atomic E-state index is 0.230. The third-order valence-electron chi connectivity index (χ3n) is 3.89. The van der Waals surface area contributed by atoms with Crippen LogP contribution in [0.25, 0.3) is 0 Å². The third-order valence-corrected chi connectivity index (χ3v) is 3.89. The summed E-state index contributed by atoms with van der Waals surface area (Å²) in [6.45, 7) is 3.61. The molecule has 1 unspecified atom stereocenters. The lowest BCUT2D eigenvalue weighted by Crippen LogP contribution is -2.30. The van der Waals surface area contributed by atoms with Crippen molar-refractivity contribution in [3.05, 3.63) is 65.2 Å². The van der Waals surface area contributed by atoms with Crippen LogP contribution in [0.1, 0.15) is 22.7 Å². The van der Waals surface area contributed by atoms with Crippen molar-refractivity contribution in [1.82, 2.24) is 4.90 Å². The Kier molecular flexibility index (Phi) is 5.37. The molecule has 0 aliphatic rings. The van der Waals surface area contributed by atoms with Crippen LogP contribution in [-0.4, -0.2) is 25.6 Å². The molecule has 0 bridgehead atoms. The average Bonchev–Trinajstić information content (AvgIpc) is 2.50. The van der Waals surface area contributed by atoms with Gasteiger partial charge in [-0.05, 0) is 42.8 Å². The highest BCUT2D eigenvalue weighted by Crippen LogP contribution is 2.23. The van der Waals surface area contributed by atoms with Crippen LogP contribution in [0.5, 0.6) is 5.75 Å². The van der Waals surface area contributed by atoms with Crippen molar-refractivity contribution in [3.8, 4) is 5.75 Å². The van der Waals surface area contributed by atoms with Gasteiger partial charge in [-0.2, -0.15) is 0 Å². The summed E-state index contributed by atoms with van der Waals surface area (Å²) < 4.78 is 5.19. The van der Waals surface area contributed by atoms with Gasteiger partial charge in [0, 0.05) is 19.1 Å². The molecule has 0 aliphatic heterocycles. The molecular weight excluding hydrogens is 260 g/mol. The zero-order valence-corrected chi connectivity index (χ0v) is 13.0. The highest BCUT2D eigenvalue weighted by molar-refractivity contribution is 5.30. The lowest BCUT2D eigenvalue weighted by atomic mass is 10.00. The van der Waals surface area contributed by atoms with Crippen molar-refractivity contribution in [2.45, 2.75) is 19.5 Å². The molecule has 0 fully saturated rings. The summed E-state index contributed by atoms with van der Waals surface area (Å²) in [6.07, 6.45) is 0. The number of aryl methyl sites for hydroxylation is 1. The zero-order valence-electron chi connectivity index (χ0n) is 13.0. The van der Waals surface area contributed by atoms with Crippen LogP contribution >= 0.6 is 0 Å². The number of methoxy groups -OCH3 is 1. The Balaban J connectivity index is 2.13. The smallest absolute Gasteiger partial charge is 0.118 e. The first-order chi connectivity index (χ1) is 10.2. The number of ether oxygens (including phenoxy) is 1. The van der Waals surface area contributed by atoms with Crippen LogP contribution in [0.2, 0.25) is 0 Å². The van der Waals surface area contributed by atoms with E-state index in [0.29, 0.717) is 6.54 Å². The summed E-state index contributed by atoms with van der Waals surface area (Å²) in [5, 5.41) is 0. The minimum Gasteiger partial charge on any atom is -0.497 e. The van der Waals surface area contributed by atoms with Crippen LogP contribution in [-0.2, 0) is 6.54 Å². The van der Waals surface area contributed by atoms with Crippen LogP contribution in [0.3, 0.4) is 0 Å². The topological polar surface area (TPSA) is 38.5 Å². The molecule has 1 atom stereocenters. The summed E-state index contributed by atoms with van der Waals surface area (Å²) in [4.78, 5) is 2.30. The molecule has 0 radical (unpaired) electrons. The number of nitrogens with two attached hydrogens (primary N) is 1. The van der Waals surface area contributed by atoms with Gasteiger partial charge in [0.25, 0.3) is 0 Å². The van der Waals surface area contributed by atoms with Gasteiger partial charge in [-0.15, -0.1) is 0 Å². The monoisotopic (exact) mass is 284 g/mol. The lowest BCUT2D eigenvalue weighted by Gasteiger charge is -2.28. The highest BCUT2D eigenvalue weighted by atomic mass is 16.5.